The fourth-order valence-electron chi connectivity index (χ4n) is 3.08. The van der Waals surface area contributed by atoms with Crippen LogP contribution in [0.5, 0.6) is 0 Å². The van der Waals surface area contributed by atoms with Crippen LogP contribution in [0.15, 0.2) is 24.3 Å². The SMILES string of the molecule is CCOC(=O)CC(B1OC(C)(C)C(C)(C)O1)c1ccc(N(C)CCO)cc1. The average Bonchev–Trinajstić information content (AvgIpc) is 2.81. The van der Waals surface area contributed by atoms with Gasteiger partial charge in [-0.05, 0) is 52.3 Å². The first-order valence-corrected chi connectivity index (χ1v) is 9.54. The molecule has 1 aliphatic rings. The number of likely N-dealkylation sites (N-methyl/N-ethyl adjacent to an activating group) is 1. The number of anilines is 1. The first-order chi connectivity index (χ1) is 12.6. The largest absolute Gasteiger partial charge is 0.466 e. The van der Waals surface area contributed by atoms with Crippen LogP contribution in [-0.4, -0.2) is 56.2 Å². The minimum atomic E-state index is -0.527. The van der Waals surface area contributed by atoms with Gasteiger partial charge < -0.3 is 24.1 Å². The molecular formula is C20H32BNO5. The average molecular weight is 377 g/mol. The highest BCUT2D eigenvalue weighted by molar-refractivity contribution is 6.48. The van der Waals surface area contributed by atoms with Crippen LogP contribution in [0.2, 0.25) is 0 Å². The van der Waals surface area contributed by atoms with Crippen LogP contribution in [0.25, 0.3) is 0 Å². The number of benzene rings is 1. The lowest BCUT2D eigenvalue weighted by Crippen LogP contribution is -2.41. The van der Waals surface area contributed by atoms with Crippen molar-refractivity contribution in [3.63, 3.8) is 0 Å². The number of carbonyl (C=O) groups excluding carboxylic acids is 1. The molecule has 0 bridgehead atoms. The Bertz CT molecular complexity index is 616. The molecule has 1 N–H and O–H groups in total. The van der Waals surface area contributed by atoms with Crippen LogP contribution in [0, 0.1) is 0 Å². The number of carbonyl (C=O) groups is 1. The van der Waals surface area contributed by atoms with Gasteiger partial charge in [0.1, 0.15) is 0 Å². The van der Waals surface area contributed by atoms with E-state index in [1.165, 1.54) is 0 Å². The molecule has 1 unspecified atom stereocenters. The Kier molecular flexibility index (Phi) is 6.95. The van der Waals surface area contributed by atoms with E-state index in [4.69, 9.17) is 19.2 Å². The molecule has 0 saturated carbocycles. The van der Waals surface area contributed by atoms with Crippen molar-refractivity contribution in [1.29, 1.82) is 0 Å². The number of hydrogen-bond donors (Lipinski definition) is 1. The Morgan fingerprint density at radius 1 is 1.19 bits per heavy atom. The molecular weight excluding hydrogens is 345 g/mol. The Morgan fingerprint density at radius 3 is 2.22 bits per heavy atom. The van der Waals surface area contributed by atoms with Crippen LogP contribution in [0.4, 0.5) is 5.69 Å². The summed E-state index contributed by atoms with van der Waals surface area (Å²) in [7, 11) is 1.40. The van der Waals surface area contributed by atoms with Gasteiger partial charge in [0.15, 0.2) is 0 Å². The predicted molar refractivity (Wildman–Crippen MR) is 107 cm³/mol. The van der Waals surface area contributed by atoms with Gasteiger partial charge in [-0.2, -0.15) is 0 Å². The van der Waals surface area contributed by atoms with E-state index in [-0.39, 0.29) is 24.8 Å². The lowest BCUT2D eigenvalue weighted by molar-refractivity contribution is -0.143. The van der Waals surface area contributed by atoms with Crippen molar-refractivity contribution < 1.29 is 23.9 Å². The molecule has 2 rings (SSSR count). The van der Waals surface area contributed by atoms with Crippen molar-refractivity contribution in [2.24, 2.45) is 0 Å². The second-order valence-corrected chi connectivity index (χ2v) is 7.98. The van der Waals surface area contributed by atoms with E-state index in [1.54, 1.807) is 6.92 Å². The van der Waals surface area contributed by atoms with Crippen molar-refractivity contribution in [3.8, 4) is 0 Å². The quantitative estimate of drug-likeness (QED) is 0.555. The summed E-state index contributed by atoms with van der Waals surface area (Å²) in [5.74, 6) is -0.527. The van der Waals surface area contributed by atoms with Crippen molar-refractivity contribution in [2.45, 2.75) is 58.1 Å². The third kappa shape index (κ3) is 5.03. The summed E-state index contributed by atoms with van der Waals surface area (Å²) in [5.41, 5.74) is 1.02. The lowest BCUT2D eigenvalue weighted by Gasteiger charge is -2.32. The van der Waals surface area contributed by atoms with Crippen LogP contribution in [0.1, 0.15) is 52.4 Å². The Hall–Kier alpha value is -1.57. The molecule has 27 heavy (non-hydrogen) atoms. The van der Waals surface area contributed by atoms with E-state index in [2.05, 4.69) is 0 Å². The fraction of sp³-hybridized carbons (Fsp3) is 0.650. The first kappa shape index (κ1) is 21.7. The Labute approximate surface area is 162 Å². The van der Waals surface area contributed by atoms with E-state index in [0.717, 1.165) is 11.3 Å². The zero-order valence-electron chi connectivity index (χ0n) is 17.3. The molecule has 1 aromatic carbocycles. The summed E-state index contributed by atoms with van der Waals surface area (Å²) < 4.78 is 17.6. The second kappa shape index (κ2) is 8.63. The molecule has 1 atom stereocenters. The molecule has 0 radical (unpaired) electrons. The number of hydrogen-bond acceptors (Lipinski definition) is 6. The minimum absolute atomic E-state index is 0.0949. The number of rotatable bonds is 8. The highest BCUT2D eigenvalue weighted by atomic mass is 16.7. The van der Waals surface area contributed by atoms with E-state index in [1.807, 2.05) is 63.9 Å². The van der Waals surface area contributed by atoms with Crippen molar-refractivity contribution in [1.82, 2.24) is 0 Å². The van der Waals surface area contributed by atoms with Gasteiger partial charge >= 0.3 is 13.1 Å². The molecule has 7 heteroatoms. The summed E-state index contributed by atoms with van der Waals surface area (Å²) >= 11 is 0. The highest BCUT2D eigenvalue weighted by Gasteiger charge is 2.54. The summed E-state index contributed by atoms with van der Waals surface area (Å²) in [4.78, 5) is 14.2. The van der Waals surface area contributed by atoms with E-state index in [9.17, 15) is 4.79 Å². The van der Waals surface area contributed by atoms with Gasteiger partial charge in [0.05, 0.1) is 30.8 Å². The summed E-state index contributed by atoms with van der Waals surface area (Å²) in [6.45, 7) is 10.8. The highest BCUT2D eigenvalue weighted by Crippen LogP contribution is 2.42. The zero-order chi connectivity index (χ0) is 20.2. The molecule has 1 saturated heterocycles. The van der Waals surface area contributed by atoms with Gasteiger partial charge in [0.2, 0.25) is 0 Å². The van der Waals surface area contributed by atoms with Crippen molar-refractivity contribution >= 4 is 18.8 Å². The maximum absolute atomic E-state index is 12.2. The van der Waals surface area contributed by atoms with Gasteiger partial charge in [-0.3, -0.25) is 4.79 Å². The van der Waals surface area contributed by atoms with E-state index < -0.39 is 18.3 Å². The monoisotopic (exact) mass is 377 g/mol. The van der Waals surface area contributed by atoms with Gasteiger partial charge in [0.25, 0.3) is 0 Å². The third-order valence-electron chi connectivity index (χ3n) is 5.49. The van der Waals surface area contributed by atoms with Gasteiger partial charge in [0, 0.05) is 25.1 Å². The van der Waals surface area contributed by atoms with Crippen LogP contribution in [-0.2, 0) is 18.8 Å². The molecule has 1 heterocycles. The van der Waals surface area contributed by atoms with Crippen LogP contribution >= 0.6 is 0 Å². The topological polar surface area (TPSA) is 68.2 Å². The smallest absolute Gasteiger partial charge is 0.466 e. The molecule has 1 fully saturated rings. The standard InChI is InChI=1S/C20H32BNO5/c1-7-25-18(24)14-17(21-26-19(2,3)20(4,5)27-21)15-8-10-16(11-9-15)22(6)12-13-23/h8-11,17,23H,7,12-14H2,1-6H3. The Balaban J connectivity index is 2.26. The number of esters is 1. The molecule has 0 aromatic heterocycles. The molecule has 0 aliphatic carbocycles. The molecule has 0 amide bonds. The van der Waals surface area contributed by atoms with Crippen molar-refractivity contribution in [3.05, 3.63) is 29.8 Å². The second-order valence-electron chi connectivity index (χ2n) is 7.98. The minimum Gasteiger partial charge on any atom is -0.466 e. The fourth-order valence-corrected chi connectivity index (χ4v) is 3.08. The van der Waals surface area contributed by atoms with Gasteiger partial charge in [-0.25, -0.2) is 0 Å². The van der Waals surface area contributed by atoms with E-state index in [0.29, 0.717) is 13.2 Å². The number of nitrogens with zero attached hydrogens (tertiary/aromatic N) is 1. The molecule has 6 nitrogen and oxygen atoms in total. The normalized spacial score (nSPS) is 19.0. The summed E-state index contributed by atoms with van der Waals surface area (Å²) in [6.07, 6.45) is 0.191. The zero-order valence-corrected chi connectivity index (χ0v) is 17.3. The lowest BCUT2D eigenvalue weighted by atomic mass is 9.66. The summed E-state index contributed by atoms with van der Waals surface area (Å²) in [5, 5.41) is 9.11. The third-order valence-corrected chi connectivity index (χ3v) is 5.49. The Morgan fingerprint density at radius 2 is 1.74 bits per heavy atom. The number of ether oxygens (including phenoxy) is 1. The molecule has 1 aromatic rings. The van der Waals surface area contributed by atoms with Crippen molar-refractivity contribution in [2.75, 3.05) is 31.7 Å². The summed E-state index contributed by atoms with van der Waals surface area (Å²) in [6, 6.07) is 7.93. The van der Waals surface area contributed by atoms with Gasteiger partial charge in [-0.15, -0.1) is 0 Å². The van der Waals surface area contributed by atoms with Gasteiger partial charge in [-0.1, -0.05) is 12.1 Å². The van der Waals surface area contributed by atoms with E-state index >= 15 is 0 Å². The maximum Gasteiger partial charge on any atom is 0.466 e. The molecule has 150 valence electrons. The number of aliphatic hydroxyl groups excluding tert-OH is 1. The maximum atomic E-state index is 12.2. The molecule has 1 aliphatic heterocycles. The first-order valence-electron chi connectivity index (χ1n) is 9.54. The molecule has 0 spiro atoms. The van der Waals surface area contributed by atoms with Crippen LogP contribution < -0.4 is 4.90 Å². The van der Waals surface area contributed by atoms with Crippen LogP contribution in [0.3, 0.4) is 0 Å². The number of aliphatic hydroxyl groups is 1. The predicted octanol–water partition coefficient (Wildman–Crippen LogP) is 2.78.